The summed E-state index contributed by atoms with van der Waals surface area (Å²) >= 11 is 5.85. The number of aliphatic hydroxyl groups is 1. The molecule has 21 heavy (non-hydrogen) atoms. The molecule has 1 aromatic carbocycles. The van der Waals surface area contributed by atoms with Crippen LogP contribution in [0.25, 0.3) is 0 Å². The van der Waals surface area contributed by atoms with Crippen molar-refractivity contribution in [2.45, 2.75) is 44.8 Å². The number of urea groups is 1. The van der Waals surface area contributed by atoms with E-state index in [0.29, 0.717) is 17.5 Å². The van der Waals surface area contributed by atoms with Gasteiger partial charge in [0, 0.05) is 11.6 Å². The first-order chi connectivity index (χ1) is 10.0. The van der Waals surface area contributed by atoms with Crippen LogP contribution in [-0.2, 0) is 0 Å². The van der Waals surface area contributed by atoms with Crippen molar-refractivity contribution in [3.05, 3.63) is 34.9 Å². The summed E-state index contributed by atoms with van der Waals surface area (Å²) in [5.74, 6) is 0.380. The second kappa shape index (κ2) is 7.66. The molecule has 1 aliphatic rings. The van der Waals surface area contributed by atoms with Gasteiger partial charge in [0.15, 0.2) is 0 Å². The van der Waals surface area contributed by atoms with Crippen LogP contribution >= 0.6 is 11.6 Å². The molecule has 3 N–H and O–H groups in total. The first-order valence-corrected chi connectivity index (χ1v) is 7.90. The Bertz CT molecular complexity index is 464. The molecule has 0 radical (unpaired) electrons. The van der Waals surface area contributed by atoms with Gasteiger partial charge in [0.25, 0.3) is 0 Å². The van der Waals surface area contributed by atoms with Gasteiger partial charge in [0.1, 0.15) is 0 Å². The van der Waals surface area contributed by atoms with Crippen molar-refractivity contribution in [1.82, 2.24) is 10.6 Å². The molecule has 0 spiro atoms. The fourth-order valence-corrected chi connectivity index (χ4v) is 2.89. The van der Waals surface area contributed by atoms with Crippen LogP contribution in [0, 0.1) is 5.92 Å². The van der Waals surface area contributed by atoms with Gasteiger partial charge in [-0.1, -0.05) is 30.2 Å². The zero-order valence-electron chi connectivity index (χ0n) is 12.3. The van der Waals surface area contributed by atoms with Crippen LogP contribution in [0.3, 0.4) is 0 Å². The zero-order chi connectivity index (χ0) is 15.2. The molecule has 1 fully saturated rings. The van der Waals surface area contributed by atoms with Crippen LogP contribution < -0.4 is 10.6 Å². The molecule has 1 aliphatic carbocycles. The molecule has 5 heteroatoms. The van der Waals surface area contributed by atoms with E-state index >= 15 is 0 Å². The zero-order valence-corrected chi connectivity index (χ0v) is 13.1. The van der Waals surface area contributed by atoms with Gasteiger partial charge in [0.05, 0.1) is 12.1 Å². The summed E-state index contributed by atoms with van der Waals surface area (Å²) in [7, 11) is 0. The van der Waals surface area contributed by atoms with E-state index in [1.165, 1.54) is 0 Å². The van der Waals surface area contributed by atoms with Gasteiger partial charge in [-0.15, -0.1) is 0 Å². The first-order valence-electron chi connectivity index (χ1n) is 7.52. The van der Waals surface area contributed by atoms with Crippen LogP contribution in [0.5, 0.6) is 0 Å². The minimum atomic E-state index is -0.207. The van der Waals surface area contributed by atoms with Gasteiger partial charge in [-0.2, -0.15) is 0 Å². The van der Waals surface area contributed by atoms with E-state index < -0.39 is 0 Å². The third kappa shape index (κ3) is 5.21. The lowest BCUT2D eigenvalue weighted by Gasteiger charge is -2.26. The van der Waals surface area contributed by atoms with Gasteiger partial charge < -0.3 is 15.7 Å². The monoisotopic (exact) mass is 310 g/mol. The summed E-state index contributed by atoms with van der Waals surface area (Å²) in [5.41, 5.74) is 1.02. The Balaban J connectivity index is 1.74. The largest absolute Gasteiger partial charge is 0.393 e. The smallest absolute Gasteiger partial charge is 0.315 e. The van der Waals surface area contributed by atoms with Crippen molar-refractivity contribution in [3.63, 3.8) is 0 Å². The van der Waals surface area contributed by atoms with Gasteiger partial charge in [-0.25, -0.2) is 4.79 Å². The van der Waals surface area contributed by atoms with E-state index in [4.69, 9.17) is 11.6 Å². The van der Waals surface area contributed by atoms with Crippen LogP contribution in [0.2, 0.25) is 5.02 Å². The Hall–Kier alpha value is -1.26. The second-order valence-corrected chi connectivity index (χ2v) is 6.25. The van der Waals surface area contributed by atoms with Crippen molar-refractivity contribution in [3.8, 4) is 0 Å². The summed E-state index contributed by atoms with van der Waals surface area (Å²) < 4.78 is 0. The predicted octanol–water partition coefficient (Wildman–Crippen LogP) is 3.25. The summed E-state index contributed by atoms with van der Waals surface area (Å²) in [6.07, 6.45) is 3.57. The summed E-state index contributed by atoms with van der Waals surface area (Å²) in [6.45, 7) is 2.56. The van der Waals surface area contributed by atoms with Crippen LogP contribution in [0.1, 0.15) is 44.2 Å². The molecule has 3 unspecified atom stereocenters. The predicted molar refractivity (Wildman–Crippen MR) is 84.4 cm³/mol. The molecular weight excluding hydrogens is 288 g/mol. The lowest BCUT2D eigenvalue weighted by atomic mass is 9.87. The lowest BCUT2D eigenvalue weighted by Crippen LogP contribution is -2.40. The standard InChI is InChI=1S/C16H23ClN2O2/c1-11(13-5-7-14(17)8-6-13)19-16(21)18-10-12-3-2-4-15(20)9-12/h5-8,11-12,15,20H,2-4,9-10H2,1H3,(H2,18,19,21). The highest BCUT2D eigenvalue weighted by molar-refractivity contribution is 6.30. The highest BCUT2D eigenvalue weighted by Crippen LogP contribution is 2.23. The molecule has 1 saturated carbocycles. The Morgan fingerprint density at radius 1 is 1.38 bits per heavy atom. The van der Waals surface area contributed by atoms with Gasteiger partial charge in [0.2, 0.25) is 0 Å². The van der Waals surface area contributed by atoms with Crippen molar-refractivity contribution < 1.29 is 9.90 Å². The second-order valence-electron chi connectivity index (χ2n) is 5.81. The minimum Gasteiger partial charge on any atom is -0.393 e. The number of benzene rings is 1. The highest BCUT2D eigenvalue weighted by Gasteiger charge is 2.20. The van der Waals surface area contributed by atoms with Crippen LogP contribution in [0.4, 0.5) is 4.79 Å². The number of hydrogen-bond donors (Lipinski definition) is 3. The molecule has 0 aliphatic heterocycles. The third-order valence-electron chi connectivity index (χ3n) is 4.02. The maximum Gasteiger partial charge on any atom is 0.315 e. The van der Waals surface area contributed by atoms with Crippen molar-refractivity contribution >= 4 is 17.6 Å². The number of nitrogens with one attached hydrogen (secondary N) is 2. The number of amides is 2. The number of hydrogen-bond acceptors (Lipinski definition) is 2. The maximum atomic E-state index is 11.9. The normalized spacial score (nSPS) is 23.4. The molecule has 116 valence electrons. The molecular formula is C16H23ClN2O2. The Kier molecular flexibility index (Phi) is 5.88. The Morgan fingerprint density at radius 3 is 2.76 bits per heavy atom. The van der Waals surface area contributed by atoms with E-state index in [-0.39, 0.29) is 18.2 Å². The molecule has 2 rings (SSSR count). The van der Waals surface area contributed by atoms with Crippen LogP contribution in [0.15, 0.2) is 24.3 Å². The molecule has 2 amide bonds. The number of carbonyl (C=O) groups is 1. The SMILES string of the molecule is CC(NC(=O)NCC1CCCC(O)C1)c1ccc(Cl)cc1. The highest BCUT2D eigenvalue weighted by atomic mass is 35.5. The molecule has 0 saturated heterocycles. The first kappa shape index (κ1) is 16.1. The van der Waals surface area contributed by atoms with E-state index in [0.717, 1.165) is 31.2 Å². The molecule has 1 aromatic rings. The van der Waals surface area contributed by atoms with E-state index in [1.807, 2.05) is 31.2 Å². The molecule has 4 nitrogen and oxygen atoms in total. The number of carbonyl (C=O) groups excluding carboxylic acids is 1. The van der Waals surface area contributed by atoms with E-state index in [2.05, 4.69) is 10.6 Å². The molecule has 0 heterocycles. The average molecular weight is 311 g/mol. The third-order valence-corrected chi connectivity index (χ3v) is 4.28. The molecule has 3 atom stereocenters. The van der Waals surface area contributed by atoms with E-state index in [9.17, 15) is 9.90 Å². The Morgan fingerprint density at radius 2 is 2.10 bits per heavy atom. The van der Waals surface area contributed by atoms with Crippen molar-refractivity contribution in [1.29, 1.82) is 0 Å². The summed E-state index contributed by atoms with van der Waals surface area (Å²) in [4.78, 5) is 11.9. The topological polar surface area (TPSA) is 61.4 Å². The molecule has 0 bridgehead atoms. The quantitative estimate of drug-likeness (QED) is 0.799. The number of rotatable bonds is 4. The average Bonchev–Trinajstić information content (AvgIpc) is 2.46. The van der Waals surface area contributed by atoms with E-state index in [1.54, 1.807) is 0 Å². The number of aliphatic hydroxyl groups excluding tert-OH is 1. The number of halogens is 1. The summed E-state index contributed by atoms with van der Waals surface area (Å²) in [5, 5.41) is 16.1. The maximum absolute atomic E-state index is 11.9. The minimum absolute atomic E-state index is 0.0702. The lowest BCUT2D eigenvalue weighted by molar-refractivity contribution is 0.101. The Labute approximate surface area is 130 Å². The summed E-state index contributed by atoms with van der Waals surface area (Å²) in [6, 6.07) is 7.21. The van der Waals surface area contributed by atoms with Crippen LogP contribution in [-0.4, -0.2) is 23.8 Å². The fraction of sp³-hybridized carbons (Fsp3) is 0.562. The van der Waals surface area contributed by atoms with Gasteiger partial charge in [-0.3, -0.25) is 0 Å². The molecule has 0 aromatic heterocycles. The van der Waals surface area contributed by atoms with Gasteiger partial charge in [-0.05, 0) is 49.8 Å². The fourth-order valence-electron chi connectivity index (χ4n) is 2.77. The van der Waals surface area contributed by atoms with Crippen molar-refractivity contribution in [2.24, 2.45) is 5.92 Å². The van der Waals surface area contributed by atoms with Crippen molar-refractivity contribution in [2.75, 3.05) is 6.54 Å². The van der Waals surface area contributed by atoms with Gasteiger partial charge >= 0.3 is 6.03 Å².